The van der Waals surface area contributed by atoms with Gasteiger partial charge in [-0.05, 0) is 17.1 Å². The van der Waals surface area contributed by atoms with Crippen LogP contribution in [0, 0.1) is 5.92 Å². The number of hydrogen-bond donors (Lipinski definition) is 1. The minimum atomic E-state index is -0.891. The van der Waals surface area contributed by atoms with E-state index >= 15 is 0 Å². The van der Waals surface area contributed by atoms with Crippen molar-refractivity contribution in [1.82, 2.24) is 0 Å². The van der Waals surface area contributed by atoms with Crippen LogP contribution in [-0.2, 0) is 4.79 Å². The van der Waals surface area contributed by atoms with Gasteiger partial charge in [0.1, 0.15) is 0 Å². The lowest BCUT2D eigenvalue weighted by Gasteiger charge is -2.10. The molecule has 0 saturated heterocycles. The molecule has 0 fully saturated rings. The second kappa shape index (κ2) is 4.61. The first-order chi connectivity index (χ1) is 6.61. The molecule has 0 unspecified atom stereocenters. The maximum Gasteiger partial charge on any atom is 0.328 e. The molecule has 0 spiro atoms. The largest absolute Gasteiger partial charge is 0.478 e. The van der Waals surface area contributed by atoms with Crippen LogP contribution in [0.15, 0.2) is 36.4 Å². The zero-order chi connectivity index (χ0) is 10.6. The Morgan fingerprint density at radius 1 is 1.29 bits per heavy atom. The fourth-order valence-corrected chi connectivity index (χ4v) is 1.35. The third-order valence-electron chi connectivity index (χ3n) is 2.01. The molecule has 0 aliphatic rings. The molecule has 0 atom stereocenters. The van der Waals surface area contributed by atoms with Crippen molar-refractivity contribution in [3.8, 4) is 0 Å². The maximum atomic E-state index is 10.6. The molecule has 0 saturated carbocycles. The topological polar surface area (TPSA) is 37.3 Å². The lowest BCUT2D eigenvalue weighted by atomic mass is 9.95. The molecule has 0 aromatic heterocycles. The molecule has 2 heteroatoms. The van der Waals surface area contributed by atoms with E-state index in [1.165, 1.54) is 6.08 Å². The second-order valence-electron chi connectivity index (χ2n) is 3.46. The first-order valence-electron chi connectivity index (χ1n) is 4.61. The minimum Gasteiger partial charge on any atom is -0.478 e. The first-order valence-corrected chi connectivity index (χ1v) is 4.61. The van der Waals surface area contributed by atoms with Crippen molar-refractivity contribution in [3.05, 3.63) is 42.0 Å². The van der Waals surface area contributed by atoms with Crippen molar-refractivity contribution in [2.45, 2.75) is 13.8 Å². The molecule has 1 N–H and O–H groups in total. The van der Waals surface area contributed by atoms with Crippen LogP contribution in [0.2, 0.25) is 0 Å². The van der Waals surface area contributed by atoms with Crippen molar-refractivity contribution in [3.63, 3.8) is 0 Å². The second-order valence-corrected chi connectivity index (χ2v) is 3.46. The van der Waals surface area contributed by atoms with Crippen molar-refractivity contribution < 1.29 is 9.90 Å². The van der Waals surface area contributed by atoms with Crippen LogP contribution in [0.1, 0.15) is 19.4 Å². The summed E-state index contributed by atoms with van der Waals surface area (Å²) in [5.74, 6) is -0.675. The van der Waals surface area contributed by atoms with Gasteiger partial charge in [0.2, 0.25) is 0 Å². The number of carboxylic acids is 1. The predicted molar refractivity (Wildman–Crippen MR) is 56.9 cm³/mol. The van der Waals surface area contributed by atoms with Crippen LogP contribution in [0.25, 0.3) is 5.57 Å². The van der Waals surface area contributed by atoms with E-state index in [-0.39, 0.29) is 5.92 Å². The van der Waals surface area contributed by atoms with Crippen LogP contribution in [0.4, 0.5) is 0 Å². The van der Waals surface area contributed by atoms with Crippen molar-refractivity contribution in [2.24, 2.45) is 5.92 Å². The fourth-order valence-electron chi connectivity index (χ4n) is 1.35. The van der Waals surface area contributed by atoms with E-state index in [0.717, 1.165) is 11.1 Å². The highest BCUT2D eigenvalue weighted by atomic mass is 16.4. The van der Waals surface area contributed by atoms with Gasteiger partial charge in [-0.1, -0.05) is 44.2 Å². The van der Waals surface area contributed by atoms with E-state index in [0.29, 0.717) is 0 Å². The van der Waals surface area contributed by atoms with Crippen molar-refractivity contribution in [1.29, 1.82) is 0 Å². The Morgan fingerprint density at radius 3 is 2.29 bits per heavy atom. The van der Waals surface area contributed by atoms with E-state index in [9.17, 15) is 4.79 Å². The highest BCUT2D eigenvalue weighted by Gasteiger charge is 2.07. The van der Waals surface area contributed by atoms with Crippen molar-refractivity contribution >= 4 is 11.5 Å². The summed E-state index contributed by atoms with van der Waals surface area (Å²) in [5, 5.41) is 8.72. The molecule has 0 heterocycles. The lowest BCUT2D eigenvalue weighted by molar-refractivity contribution is -0.131. The van der Waals surface area contributed by atoms with Gasteiger partial charge in [0.05, 0.1) is 0 Å². The Kier molecular flexibility index (Phi) is 3.46. The van der Waals surface area contributed by atoms with Gasteiger partial charge in [-0.3, -0.25) is 0 Å². The van der Waals surface area contributed by atoms with E-state index in [2.05, 4.69) is 0 Å². The zero-order valence-corrected chi connectivity index (χ0v) is 8.40. The molecule has 0 radical (unpaired) electrons. The summed E-state index contributed by atoms with van der Waals surface area (Å²) < 4.78 is 0. The summed E-state index contributed by atoms with van der Waals surface area (Å²) in [6.45, 7) is 3.98. The number of rotatable bonds is 3. The van der Waals surface area contributed by atoms with E-state index in [1.54, 1.807) is 0 Å². The number of hydrogen-bond acceptors (Lipinski definition) is 1. The predicted octanol–water partition coefficient (Wildman–Crippen LogP) is 2.81. The summed E-state index contributed by atoms with van der Waals surface area (Å²) in [7, 11) is 0. The standard InChI is InChI=1S/C12H14O2/c1-9(2)11(8-12(13)14)10-6-4-3-5-7-10/h3-9H,1-2H3,(H,13,14). The molecule has 0 amide bonds. The number of carboxylic acid groups (broad SMARTS) is 1. The number of aliphatic carboxylic acids is 1. The van der Waals surface area contributed by atoms with Gasteiger partial charge >= 0.3 is 5.97 Å². The number of allylic oxidation sites excluding steroid dienone is 1. The quantitative estimate of drug-likeness (QED) is 0.744. The molecule has 74 valence electrons. The zero-order valence-electron chi connectivity index (χ0n) is 8.40. The van der Waals surface area contributed by atoms with E-state index in [4.69, 9.17) is 5.11 Å². The van der Waals surface area contributed by atoms with Crippen LogP contribution in [0.5, 0.6) is 0 Å². The summed E-state index contributed by atoms with van der Waals surface area (Å²) in [6, 6.07) is 9.59. The highest BCUT2D eigenvalue weighted by molar-refractivity contribution is 5.90. The van der Waals surface area contributed by atoms with Gasteiger partial charge in [0.15, 0.2) is 0 Å². The van der Waals surface area contributed by atoms with Crippen molar-refractivity contribution in [2.75, 3.05) is 0 Å². The Balaban J connectivity index is 3.08. The molecular weight excluding hydrogens is 176 g/mol. The molecule has 14 heavy (non-hydrogen) atoms. The van der Waals surface area contributed by atoms with Gasteiger partial charge < -0.3 is 5.11 Å². The monoisotopic (exact) mass is 190 g/mol. The Hall–Kier alpha value is -1.57. The summed E-state index contributed by atoms with van der Waals surface area (Å²) in [4.78, 5) is 10.6. The third-order valence-corrected chi connectivity index (χ3v) is 2.01. The average Bonchev–Trinajstić information content (AvgIpc) is 2.15. The lowest BCUT2D eigenvalue weighted by Crippen LogP contribution is -1.98. The van der Waals surface area contributed by atoms with Gasteiger partial charge in [-0.15, -0.1) is 0 Å². The molecule has 2 nitrogen and oxygen atoms in total. The molecule has 0 aliphatic heterocycles. The van der Waals surface area contributed by atoms with Gasteiger partial charge in [-0.25, -0.2) is 4.79 Å². The van der Waals surface area contributed by atoms with Gasteiger partial charge in [0, 0.05) is 6.08 Å². The molecule has 1 rings (SSSR count). The van der Waals surface area contributed by atoms with Crippen LogP contribution >= 0.6 is 0 Å². The normalized spacial score (nSPS) is 11.8. The Bertz CT molecular complexity index is 337. The SMILES string of the molecule is CC(C)C(=CC(=O)O)c1ccccc1. The molecule has 1 aromatic carbocycles. The van der Waals surface area contributed by atoms with Crippen LogP contribution in [0.3, 0.4) is 0 Å². The molecule has 1 aromatic rings. The molecule has 0 aliphatic carbocycles. The van der Waals surface area contributed by atoms with Crippen LogP contribution in [-0.4, -0.2) is 11.1 Å². The van der Waals surface area contributed by atoms with Gasteiger partial charge in [0.25, 0.3) is 0 Å². The number of carbonyl (C=O) groups is 1. The smallest absolute Gasteiger partial charge is 0.328 e. The molecule has 0 bridgehead atoms. The maximum absolute atomic E-state index is 10.6. The van der Waals surface area contributed by atoms with Crippen LogP contribution < -0.4 is 0 Å². The molecular formula is C12H14O2. The fraction of sp³-hybridized carbons (Fsp3) is 0.250. The van der Waals surface area contributed by atoms with Gasteiger partial charge in [-0.2, -0.15) is 0 Å². The first kappa shape index (κ1) is 10.5. The summed E-state index contributed by atoms with van der Waals surface area (Å²) in [5.41, 5.74) is 1.84. The summed E-state index contributed by atoms with van der Waals surface area (Å²) >= 11 is 0. The van der Waals surface area contributed by atoms with E-state index in [1.807, 2.05) is 44.2 Å². The van der Waals surface area contributed by atoms with E-state index < -0.39 is 5.97 Å². The Labute approximate surface area is 83.9 Å². The number of benzene rings is 1. The average molecular weight is 190 g/mol. The minimum absolute atomic E-state index is 0.216. The third kappa shape index (κ3) is 2.73. The highest BCUT2D eigenvalue weighted by Crippen LogP contribution is 2.22. The summed E-state index contributed by atoms with van der Waals surface area (Å²) in [6.07, 6.45) is 1.28. The Morgan fingerprint density at radius 2 is 1.86 bits per heavy atom.